The summed E-state index contributed by atoms with van der Waals surface area (Å²) >= 11 is 1.62. The lowest BCUT2D eigenvalue weighted by atomic mass is 10.1. The van der Waals surface area contributed by atoms with E-state index >= 15 is 0 Å². The van der Waals surface area contributed by atoms with E-state index in [1.54, 1.807) is 21.2 Å². The number of tetrazole rings is 1. The van der Waals surface area contributed by atoms with Crippen molar-refractivity contribution in [2.24, 2.45) is 7.05 Å². The van der Waals surface area contributed by atoms with Crippen LogP contribution in [0.3, 0.4) is 0 Å². The van der Waals surface area contributed by atoms with Crippen molar-refractivity contribution < 1.29 is 0 Å². The van der Waals surface area contributed by atoms with Crippen LogP contribution in [0.5, 0.6) is 0 Å². The highest BCUT2D eigenvalue weighted by molar-refractivity contribution is 7.99. The zero-order valence-electron chi connectivity index (χ0n) is 13.8. The molecule has 0 saturated heterocycles. The molecule has 0 aliphatic rings. The highest BCUT2D eigenvalue weighted by atomic mass is 32.2. The summed E-state index contributed by atoms with van der Waals surface area (Å²) in [6, 6.07) is 10.2. The second-order valence-electron chi connectivity index (χ2n) is 5.16. The molecule has 0 atom stereocenters. The number of rotatable bonds is 8. The molecule has 24 heavy (non-hydrogen) atoms. The van der Waals surface area contributed by atoms with Crippen molar-refractivity contribution in [3.8, 4) is 11.3 Å². The van der Waals surface area contributed by atoms with Crippen molar-refractivity contribution in [2.45, 2.75) is 25.2 Å². The number of nitrogens with one attached hydrogen (secondary N) is 1. The summed E-state index contributed by atoms with van der Waals surface area (Å²) in [6.07, 6.45) is 0. The third kappa shape index (κ3) is 3.98. The second-order valence-corrected chi connectivity index (χ2v) is 6.22. The lowest BCUT2D eigenvalue weighted by Gasteiger charge is -2.04. The molecule has 0 spiro atoms. The lowest BCUT2D eigenvalue weighted by Crippen LogP contribution is -2.17. The summed E-state index contributed by atoms with van der Waals surface area (Å²) < 4.78 is 1.67. The van der Waals surface area contributed by atoms with Crippen LogP contribution in [0.4, 0.5) is 0 Å². The first-order chi connectivity index (χ1) is 11.8. The van der Waals surface area contributed by atoms with Crippen LogP contribution in [0.1, 0.15) is 12.6 Å². The molecule has 0 fully saturated rings. The van der Waals surface area contributed by atoms with Crippen molar-refractivity contribution in [3.05, 3.63) is 36.0 Å². The molecule has 3 rings (SSSR count). The van der Waals surface area contributed by atoms with Gasteiger partial charge in [-0.3, -0.25) is 0 Å². The molecule has 0 amide bonds. The minimum absolute atomic E-state index is 0.682. The lowest BCUT2D eigenvalue weighted by molar-refractivity contribution is 0.559. The predicted molar refractivity (Wildman–Crippen MR) is 92.4 cm³/mol. The molecule has 1 N–H and O–H groups in total. The Bertz CT molecular complexity index is 767. The Labute approximate surface area is 144 Å². The van der Waals surface area contributed by atoms with E-state index in [0.717, 1.165) is 41.0 Å². The van der Waals surface area contributed by atoms with E-state index in [1.165, 1.54) is 0 Å². The van der Waals surface area contributed by atoms with Gasteiger partial charge in [0, 0.05) is 31.5 Å². The number of aromatic nitrogens is 7. The number of hydrogen-bond donors (Lipinski definition) is 1. The van der Waals surface area contributed by atoms with E-state index in [4.69, 9.17) is 0 Å². The van der Waals surface area contributed by atoms with Crippen LogP contribution in [0.25, 0.3) is 11.3 Å². The van der Waals surface area contributed by atoms with E-state index in [-0.39, 0.29) is 0 Å². The predicted octanol–water partition coefficient (Wildman–Crippen LogP) is 1.37. The first-order valence-electron chi connectivity index (χ1n) is 7.83. The van der Waals surface area contributed by atoms with Gasteiger partial charge in [0.2, 0.25) is 5.16 Å². The third-order valence-corrected chi connectivity index (χ3v) is 4.45. The maximum absolute atomic E-state index is 4.58. The Morgan fingerprint density at radius 2 is 2.00 bits per heavy atom. The summed E-state index contributed by atoms with van der Waals surface area (Å²) in [4.78, 5) is 1.74. The molecule has 2 aromatic heterocycles. The van der Waals surface area contributed by atoms with E-state index in [9.17, 15) is 0 Å². The maximum Gasteiger partial charge on any atom is 0.209 e. The molecule has 0 unspecified atom stereocenters. The van der Waals surface area contributed by atoms with Crippen LogP contribution >= 0.6 is 11.8 Å². The fourth-order valence-corrected chi connectivity index (χ4v) is 2.97. The monoisotopic (exact) mass is 344 g/mol. The second kappa shape index (κ2) is 8.02. The van der Waals surface area contributed by atoms with E-state index < -0.39 is 0 Å². The molecular weight excluding hydrogens is 324 g/mol. The first kappa shape index (κ1) is 16.6. The van der Waals surface area contributed by atoms with Gasteiger partial charge in [0.15, 0.2) is 0 Å². The van der Waals surface area contributed by atoms with E-state index in [2.05, 4.69) is 43.2 Å². The number of thioether (sulfide) groups is 1. The fourth-order valence-electron chi connectivity index (χ4n) is 2.23. The Morgan fingerprint density at radius 1 is 1.17 bits per heavy atom. The minimum atomic E-state index is 0.682. The van der Waals surface area contributed by atoms with Crippen molar-refractivity contribution in [3.63, 3.8) is 0 Å². The fraction of sp³-hybridized carbons (Fsp3) is 0.400. The molecule has 3 aromatic rings. The van der Waals surface area contributed by atoms with Gasteiger partial charge in [0.1, 0.15) is 11.4 Å². The van der Waals surface area contributed by atoms with Gasteiger partial charge in [-0.25, -0.2) is 4.68 Å². The molecule has 0 aliphatic heterocycles. The zero-order valence-corrected chi connectivity index (χ0v) is 14.6. The molecular formula is C15H20N8S. The standard InChI is InChI=1S/C15H20N8S/c1-3-23-18-13(14(19-23)12-7-5-4-6-8-12)11-16-9-10-24-15-17-20-21-22(15)2/h4-8,16H,3,9-11H2,1-2H3. The summed E-state index contributed by atoms with van der Waals surface area (Å²) in [6.45, 7) is 4.32. The number of aryl methyl sites for hydroxylation is 2. The van der Waals surface area contributed by atoms with Gasteiger partial charge in [0.05, 0.1) is 6.54 Å². The smallest absolute Gasteiger partial charge is 0.209 e. The van der Waals surface area contributed by atoms with Gasteiger partial charge in [-0.15, -0.1) is 5.10 Å². The zero-order chi connectivity index (χ0) is 16.8. The van der Waals surface area contributed by atoms with Crippen LogP contribution in [0.2, 0.25) is 0 Å². The highest BCUT2D eigenvalue weighted by Crippen LogP contribution is 2.20. The largest absolute Gasteiger partial charge is 0.310 e. The first-order valence-corrected chi connectivity index (χ1v) is 8.81. The molecule has 1 aromatic carbocycles. The number of benzene rings is 1. The molecule has 126 valence electrons. The van der Waals surface area contributed by atoms with Gasteiger partial charge < -0.3 is 5.32 Å². The minimum Gasteiger partial charge on any atom is -0.310 e. The van der Waals surface area contributed by atoms with Gasteiger partial charge in [-0.05, 0) is 17.4 Å². The summed E-state index contributed by atoms with van der Waals surface area (Å²) in [5.74, 6) is 0.886. The topological polar surface area (TPSA) is 86.3 Å². The van der Waals surface area contributed by atoms with E-state index in [0.29, 0.717) is 6.54 Å². The quantitative estimate of drug-likeness (QED) is 0.488. The molecule has 0 bridgehead atoms. The highest BCUT2D eigenvalue weighted by Gasteiger charge is 2.12. The van der Waals surface area contributed by atoms with Gasteiger partial charge in [0.25, 0.3) is 0 Å². The van der Waals surface area contributed by atoms with Crippen molar-refractivity contribution in [1.82, 2.24) is 40.5 Å². The van der Waals surface area contributed by atoms with E-state index in [1.807, 2.05) is 32.2 Å². The molecule has 9 heteroatoms. The van der Waals surface area contributed by atoms with Crippen LogP contribution in [0.15, 0.2) is 35.5 Å². The van der Waals surface area contributed by atoms with Crippen LogP contribution < -0.4 is 5.32 Å². The SMILES string of the molecule is CCn1nc(CNCCSc2nnnn2C)c(-c2ccccc2)n1. The van der Waals surface area contributed by atoms with Crippen LogP contribution in [-0.2, 0) is 20.1 Å². The Hall–Kier alpha value is -2.26. The summed E-state index contributed by atoms with van der Waals surface area (Å²) in [5.41, 5.74) is 3.00. The van der Waals surface area contributed by atoms with Gasteiger partial charge >= 0.3 is 0 Å². The average Bonchev–Trinajstić information content (AvgIpc) is 3.21. The molecule has 0 radical (unpaired) electrons. The van der Waals surface area contributed by atoms with Gasteiger partial charge in [-0.2, -0.15) is 15.0 Å². The number of nitrogens with zero attached hydrogens (tertiary/aromatic N) is 7. The average molecular weight is 344 g/mol. The summed E-state index contributed by atoms with van der Waals surface area (Å²) in [7, 11) is 1.84. The van der Waals surface area contributed by atoms with Crippen LogP contribution in [0, 0.1) is 0 Å². The normalized spacial score (nSPS) is 11.1. The molecule has 0 saturated carbocycles. The van der Waals surface area contributed by atoms with Crippen molar-refractivity contribution in [2.75, 3.05) is 12.3 Å². The Kier molecular flexibility index (Phi) is 5.55. The summed E-state index contributed by atoms with van der Waals surface area (Å²) in [5, 5.41) is 24.8. The Balaban J connectivity index is 1.57. The Morgan fingerprint density at radius 3 is 2.71 bits per heavy atom. The maximum atomic E-state index is 4.58. The van der Waals surface area contributed by atoms with Crippen molar-refractivity contribution >= 4 is 11.8 Å². The molecule has 0 aliphatic carbocycles. The molecule has 8 nitrogen and oxygen atoms in total. The van der Waals surface area contributed by atoms with Crippen molar-refractivity contribution in [1.29, 1.82) is 0 Å². The number of hydrogen-bond acceptors (Lipinski definition) is 7. The van der Waals surface area contributed by atoms with Crippen LogP contribution in [-0.4, -0.2) is 47.5 Å². The third-order valence-electron chi connectivity index (χ3n) is 3.44. The van der Waals surface area contributed by atoms with Gasteiger partial charge in [-0.1, -0.05) is 42.1 Å². The molecule has 2 heterocycles.